The molecule has 0 amide bonds. The molecule has 0 unspecified atom stereocenters. The molecule has 0 saturated carbocycles. The number of hydroxylamine groups is 2. The van der Waals surface area contributed by atoms with E-state index in [1.807, 2.05) is 54.8 Å². The zero-order chi connectivity index (χ0) is 19.0. The second-order valence-corrected chi connectivity index (χ2v) is 7.52. The third-order valence-electron chi connectivity index (χ3n) is 4.44. The smallest absolute Gasteiger partial charge is 0.159 e. The van der Waals surface area contributed by atoms with Crippen molar-refractivity contribution in [2.45, 2.75) is 33.0 Å². The summed E-state index contributed by atoms with van der Waals surface area (Å²) in [6.45, 7) is 4.51. The number of hydrogen-bond donors (Lipinski definition) is 1. The monoisotopic (exact) mass is 426 g/mol. The fraction of sp³-hybridized carbons (Fsp3) is 0.263. The van der Waals surface area contributed by atoms with E-state index in [2.05, 4.69) is 31.1 Å². The molecule has 138 valence electrons. The zero-order valence-corrected chi connectivity index (χ0v) is 16.6. The average Bonchev–Trinajstić information content (AvgIpc) is 2.97. The van der Waals surface area contributed by atoms with Gasteiger partial charge in [0.05, 0.1) is 23.6 Å². The Bertz CT molecular complexity index is 999. The molecule has 1 aliphatic rings. The number of nitrogens with zero attached hydrogens (tertiary/aromatic N) is 6. The van der Waals surface area contributed by atoms with Gasteiger partial charge in [-0.25, -0.2) is 0 Å². The van der Waals surface area contributed by atoms with Crippen molar-refractivity contribution >= 4 is 21.6 Å². The van der Waals surface area contributed by atoms with Gasteiger partial charge in [-0.05, 0) is 44.2 Å². The highest BCUT2D eigenvalue weighted by Crippen LogP contribution is 2.28. The van der Waals surface area contributed by atoms with Crippen LogP contribution in [0, 0.1) is 0 Å². The fourth-order valence-electron chi connectivity index (χ4n) is 3.01. The maximum Gasteiger partial charge on any atom is 0.159 e. The number of fused-ring (bicyclic) bond motifs is 3. The Morgan fingerprint density at radius 3 is 2.81 bits per heavy atom. The molecule has 0 radical (unpaired) electrons. The fourth-order valence-corrected chi connectivity index (χ4v) is 3.37. The number of hydrogen-bond acceptors (Lipinski definition) is 6. The molecule has 0 aliphatic carbocycles. The maximum atomic E-state index is 10.2. The molecule has 2 aromatic heterocycles. The first kappa shape index (κ1) is 18.0. The molecule has 0 fully saturated rings. The van der Waals surface area contributed by atoms with Crippen LogP contribution in [-0.4, -0.2) is 41.8 Å². The number of halogens is 1. The van der Waals surface area contributed by atoms with E-state index in [4.69, 9.17) is 4.99 Å². The number of aliphatic imine (C=N–C) groups is 1. The minimum Gasteiger partial charge on any atom is -0.313 e. The van der Waals surface area contributed by atoms with Crippen LogP contribution in [0.25, 0.3) is 5.69 Å². The molecule has 1 aromatic carbocycles. The normalized spacial score (nSPS) is 13.3. The highest BCUT2D eigenvalue weighted by atomic mass is 79.9. The van der Waals surface area contributed by atoms with Gasteiger partial charge in [0.15, 0.2) is 11.6 Å². The lowest BCUT2D eigenvalue weighted by molar-refractivity contribution is -0.127. The number of pyridine rings is 1. The van der Waals surface area contributed by atoms with E-state index >= 15 is 0 Å². The Labute approximate surface area is 165 Å². The highest BCUT2D eigenvalue weighted by molar-refractivity contribution is 9.10. The first-order valence-electron chi connectivity index (χ1n) is 8.69. The van der Waals surface area contributed by atoms with Gasteiger partial charge < -0.3 is 5.21 Å². The Kier molecular flexibility index (Phi) is 4.86. The van der Waals surface area contributed by atoms with Crippen molar-refractivity contribution in [2.24, 2.45) is 4.99 Å². The van der Waals surface area contributed by atoms with E-state index in [-0.39, 0.29) is 12.6 Å². The summed E-state index contributed by atoms with van der Waals surface area (Å²) < 4.78 is 2.93. The lowest BCUT2D eigenvalue weighted by atomic mass is 10.0. The third kappa shape index (κ3) is 3.43. The van der Waals surface area contributed by atoms with Gasteiger partial charge >= 0.3 is 0 Å². The van der Waals surface area contributed by atoms with Crippen LogP contribution in [0.5, 0.6) is 0 Å². The van der Waals surface area contributed by atoms with Crippen LogP contribution in [0.2, 0.25) is 0 Å². The van der Waals surface area contributed by atoms with Crippen LogP contribution >= 0.6 is 15.9 Å². The molecular formula is C19H19BrN6O. The quantitative estimate of drug-likeness (QED) is 0.646. The molecule has 8 heteroatoms. The van der Waals surface area contributed by atoms with E-state index in [1.54, 1.807) is 6.20 Å². The van der Waals surface area contributed by atoms with E-state index < -0.39 is 0 Å². The van der Waals surface area contributed by atoms with Crippen molar-refractivity contribution in [3.05, 3.63) is 70.0 Å². The Hall–Kier alpha value is -2.42. The molecule has 0 bridgehead atoms. The van der Waals surface area contributed by atoms with Crippen LogP contribution < -0.4 is 0 Å². The van der Waals surface area contributed by atoms with Gasteiger partial charge in [-0.1, -0.05) is 22.0 Å². The van der Waals surface area contributed by atoms with Crippen molar-refractivity contribution in [2.75, 3.05) is 0 Å². The molecule has 1 aliphatic heterocycles. The van der Waals surface area contributed by atoms with Crippen molar-refractivity contribution in [1.82, 2.24) is 24.8 Å². The van der Waals surface area contributed by atoms with E-state index in [0.29, 0.717) is 12.4 Å². The maximum absolute atomic E-state index is 10.2. The SMILES string of the molecule is CC(C)N(O)Cc1nnc2n1-c1ccc(Br)cc1C(c1ccccn1)=NC2. The zero-order valence-electron chi connectivity index (χ0n) is 15.0. The summed E-state index contributed by atoms with van der Waals surface area (Å²) in [5.74, 6) is 1.40. The van der Waals surface area contributed by atoms with Crippen molar-refractivity contribution in [1.29, 1.82) is 0 Å². The van der Waals surface area contributed by atoms with Gasteiger partial charge in [0.1, 0.15) is 6.54 Å². The van der Waals surface area contributed by atoms with Crippen LogP contribution in [0.3, 0.4) is 0 Å². The largest absolute Gasteiger partial charge is 0.313 e. The lowest BCUT2D eigenvalue weighted by Gasteiger charge is -2.19. The Morgan fingerprint density at radius 1 is 1.22 bits per heavy atom. The molecular weight excluding hydrogens is 408 g/mol. The van der Waals surface area contributed by atoms with Gasteiger partial charge in [-0.15, -0.1) is 10.2 Å². The first-order valence-corrected chi connectivity index (χ1v) is 9.48. The second kappa shape index (κ2) is 7.30. The Morgan fingerprint density at radius 2 is 2.07 bits per heavy atom. The summed E-state index contributed by atoms with van der Waals surface area (Å²) >= 11 is 3.56. The van der Waals surface area contributed by atoms with Gasteiger partial charge in [-0.2, -0.15) is 5.06 Å². The molecule has 0 atom stereocenters. The number of benzene rings is 1. The molecule has 1 N–H and O–H groups in total. The summed E-state index contributed by atoms with van der Waals surface area (Å²) in [6.07, 6.45) is 1.76. The van der Waals surface area contributed by atoms with Gasteiger partial charge in [0.2, 0.25) is 0 Å². The van der Waals surface area contributed by atoms with E-state index in [0.717, 1.165) is 33.0 Å². The minimum atomic E-state index is -0.0200. The summed E-state index contributed by atoms with van der Waals surface area (Å²) in [7, 11) is 0. The van der Waals surface area contributed by atoms with Gasteiger partial charge in [0.25, 0.3) is 0 Å². The minimum absolute atomic E-state index is 0.0200. The molecule has 0 spiro atoms. The first-order chi connectivity index (χ1) is 13.0. The Balaban J connectivity index is 1.87. The topological polar surface area (TPSA) is 79.4 Å². The van der Waals surface area contributed by atoms with Crippen LogP contribution in [0.4, 0.5) is 0 Å². The number of aromatic nitrogens is 4. The lowest BCUT2D eigenvalue weighted by Crippen LogP contribution is -2.28. The van der Waals surface area contributed by atoms with E-state index in [9.17, 15) is 5.21 Å². The van der Waals surface area contributed by atoms with Gasteiger partial charge in [-0.3, -0.25) is 14.5 Å². The summed E-state index contributed by atoms with van der Waals surface area (Å²) in [4.78, 5) is 9.25. The molecule has 3 aromatic rings. The van der Waals surface area contributed by atoms with Crippen LogP contribution in [-0.2, 0) is 13.1 Å². The third-order valence-corrected chi connectivity index (χ3v) is 4.93. The molecule has 4 rings (SSSR count). The summed E-state index contributed by atoms with van der Waals surface area (Å²) in [6, 6.07) is 11.8. The van der Waals surface area contributed by atoms with Crippen molar-refractivity contribution in [3.63, 3.8) is 0 Å². The molecule has 27 heavy (non-hydrogen) atoms. The van der Waals surface area contributed by atoms with Crippen LogP contribution in [0.15, 0.2) is 52.1 Å². The highest BCUT2D eigenvalue weighted by Gasteiger charge is 2.24. The average molecular weight is 427 g/mol. The van der Waals surface area contributed by atoms with Gasteiger partial charge in [0, 0.05) is 22.3 Å². The predicted octanol–water partition coefficient (Wildman–Crippen LogP) is 3.38. The van der Waals surface area contributed by atoms with Crippen LogP contribution in [0.1, 0.15) is 36.8 Å². The predicted molar refractivity (Wildman–Crippen MR) is 105 cm³/mol. The van der Waals surface area contributed by atoms with Crippen molar-refractivity contribution in [3.8, 4) is 5.69 Å². The summed E-state index contributed by atoms with van der Waals surface area (Å²) in [5, 5.41) is 20.1. The number of rotatable bonds is 4. The summed E-state index contributed by atoms with van der Waals surface area (Å²) in [5.41, 5.74) is 3.49. The molecule has 3 heterocycles. The standard InChI is InChI=1S/C19H19BrN6O/c1-12(2)25(27)11-18-24-23-17-10-22-19(15-5-3-4-8-21-15)14-9-13(20)6-7-16(14)26(17)18/h3-9,12,27H,10-11H2,1-2H3. The molecule has 7 nitrogen and oxygen atoms in total. The second-order valence-electron chi connectivity index (χ2n) is 6.60. The molecule has 0 saturated heterocycles. The van der Waals surface area contributed by atoms with E-state index in [1.165, 1.54) is 5.06 Å². The van der Waals surface area contributed by atoms with Crippen molar-refractivity contribution < 1.29 is 5.21 Å².